The number of rotatable bonds is 6. The molecule has 1 aliphatic heterocycles. The van der Waals surface area contributed by atoms with Crippen LogP contribution < -0.4 is 15.0 Å². The molecule has 1 aliphatic rings. The number of amides is 2. The summed E-state index contributed by atoms with van der Waals surface area (Å²) in [6, 6.07) is 5.81. The van der Waals surface area contributed by atoms with E-state index in [0.717, 1.165) is 29.8 Å². The number of benzene rings is 1. The SMILES string of the molecule is CCCCNC(=O)CCC(=O)N1CCOc2ccc(C)cc21. The van der Waals surface area contributed by atoms with Gasteiger partial charge in [0.25, 0.3) is 0 Å². The molecule has 0 atom stereocenters. The quantitative estimate of drug-likeness (QED) is 0.821. The van der Waals surface area contributed by atoms with Crippen molar-refractivity contribution in [3.63, 3.8) is 0 Å². The van der Waals surface area contributed by atoms with Crippen LogP contribution in [-0.4, -0.2) is 31.5 Å². The highest BCUT2D eigenvalue weighted by Crippen LogP contribution is 2.32. The van der Waals surface area contributed by atoms with E-state index in [1.54, 1.807) is 4.90 Å². The van der Waals surface area contributed by atoms with Gasteiger partial charge in [0.15, 0.2) is 0 Å². The summed E-state index contributed by atoms with van der Waals surface area (Å²) in [6.45, 7) is 5.77. The van der Waals surface area contributed by atoms with E-state index >= 15 is 0 Å². The largest absolute Gasteiger partial charge is 0.490 e. The van der Waals surface area contributed by atoms with Crippen LogP contribution in [0.3, 0.4) is 0 Å². The lowest BCUT2D eigenvalue weighted by Gasteiger charge is -2.29. The predicted octanol–water partition coefficient (Wildman–Crippen LogP) is 2.42. The highest BCUT2D eigenvalue weighted by Gasteiger charge is 2.23. The minimum Gasteiger partial charge on any atom is -0.490 e. The van der Waals surface area contributed by atoms with Gasteiger partial charge in [-0.1, -0.05) is 19.4 Å². The zero-order chi connectivity index (χ0) is 15.9. The Kier molecular flexibility index (Phi) is 5.81. The third-order valence-electron chi connectivity index (χ3n) is 3.70. The number of hydrogen-bond acceptors (Lipinski definition) is 3. The van der Waals surface area contributed by atoms with Crippen LogP contribution >= 0.6 is 0 Å². The lowest BCUT2D eigenvalue weighted by Crippen LogP contribution is -2.38. The Morgan fingerprint density at radius 3 is 2.91 bits per heavy atom. The van der Waals surface area contributed by atoms with E-state index in [0.29, 0.717) is 19.7 Å². The maximum Gasteiger partial charge on any atom is 0.227 e. The van der Waals surface area contributed by atoms with Gasteiger partial charge in [0, 0.05) is 19.4 Å². The number of nitrogens with one attached hydrogen (secondary N) is 1. The molecule has 1 N–H and O–H groups in total. The van der Waals surface area contributed by atoms with E-state index in [-0.39, 0.29) is 24.7 Å². The van der Waals surface area contributed by atoms with Crippen molar-refractivity contribution in [2.75, 3.05) is 24.6 Å². The Morgan fingerprint density at radius 1 is 1.32 bits per heavy atom. The lowest BCUT2D eigenvalue weighted by molar-refractivity contribution is -0.125. The molecule has 5 nitrogen and oxygen atoms in total. The molecule has 2 amide bonds. The molecule has 0 radical (unpaired) electrons. The Hall–Kier alpha value is -2.04. The fourth-order valence-electron chi connectivity index (χ4n) is 2.44. The fraction of sp³-hybridized carbons (Fsp3) is 0.529. The fourth-order valence-corrected chi connectivity index (χ4v) is 2.44. The summed E-state index contributed by atoms with van der Waals surface area (Å²) in [5, 5.41) is 2.84. The van der Waals surface area contributed by atoms with E-state index < -0.39 is 0 Å². The number of ether oxygens (including phenoxy) is 1. The zero-order valence-corrected chi connectivity index (χ0v) is 13.4. The van der Waals surface area contributed by atoms with Gasteiger partial charge in [-0.05, 0) is 31.0 Å². The second-order valence-corrected chi connectivity index (χ2v) is 5.57. The van der Waals surface area contributed by atoms with Crippen LogP contribution in [-0.2, 0) is 9.59 Å². The van der Waals surface area contributed by atoms with Crippen LogP contribution in [0.2, 0.25) is 0 Å². The Balaban J connectivity index is 1.91. The standard InChI is InChI=1S/C17H24N2O3/c1-3-4-9-18-16(20)7-8-17(21)19-10-11-22-15-6-5-13(2)12-14(15)19/h5-6,12H,3-4,7-11H2,1-2H3,(H,18,20). The Morgan fingerprint density at radius 2 is 2.14 bits per heavy atom. The third kappa shape index (κ3) is 4.23. The van der Waals surface area contributed by atoms with E-state index in [1.165, 1.54) is 0 Å². The number of anilines is 1. The lowest BCUT2D eigenvalue weighted by atomic mass is 10.1. The van der Waals surface area contributed by atoms with Crippen molar-refractivity contribution in [1.29, 1.82) is 0 Å². The first-order valence-electron chi connectivity index (χ1n) is 7.92. The van der Waals surface area contributed by atoms with Crippen molar-refractivity contribution in [2.24, 2.45) is 0 Å². The molecule has 0 spiro atoms. The molecule has 0 saturated carbocycles. The number of nitrogens with zero attached hydrogens (tertiary/aromatic N) is 1. The minimum absolute atomic E-state index is 0.0270. The predicted molar refractivity (Wildman–Crippen MR) is 86.2 cm³/mol. The Bertz CT molecular complexity index is 543. The van der Waals surface area contributed by atoms with Crippen LogP contribution in [0, 0.1) is 6.92 Å². The number of carbonyl (C=O) groups excluding carboxylic acids is 2. The number of hydrogen-bond donors (Lipinski definition) is 1. The maximum atomic E-state index is 12.4. The molecule has 0 fully saturated rings. The van der Waals surface area contributed by atoms with Gasteiger partial charge in [0.1, 0.15) is 12.4 Å². The second-order valence-electron chi connectivity index (χ2n) is 5.57. The third-order valence-corrected chi connectivity index (χ3v) is 3.70. The van der Waals surface area contributed by atoms with Crippen LogP contribution in [0.4, 0.5) is 5.69 Å². The van der Waals surface area contributed by atoms with Gasteiger partial charge in [0.2, 0.25) is 11.8 Å². The van der Waals surface area contributed by atoms with Gasteiger partial charge >= 0.3 is 0 Å². The molecule has 120 valence electrons. The summed E-state index contributed by atoms with van der Waals surface area (Å²) in [4.78, 5) is 25.8. The molecule has 0 aliphatic carbocycles. The number of aryl methyl sites for hydroxylation is 1. The molecule has 0 aromatic heterocycles. The summed E-state index contributed by atoms with van der Waals surface area (Å²) in [5.41, 5.74) is 1.89. The summed E-state index contributed by atoms with van der Waals surface area (Å²) in [6.07, 6.45) is 2.48. The molecule has 1 aromatic carbocycles. The normalized spacial score (nSPS) is 13.3. The average Bonchev–Trinajstić information content (AvgIpc) is 2.52. The topological polar surface area (TPSA) is 58.6 Å². The van der Waals surface area contributed by atoms with Crippen molar-refractivity contribution in [3.8, 4) is 5.75 Å². The van der Waals surface area contributed by atoms with Crippen molar-refractivity contribution in [2.45, 2.75) is 39.5 Å². The van der Waals surface area contributed by atoms with E-state index in [1.807, 2.05) is 25.1 Å². The second kappa shape index (κ2) is 7.82. The van der Waals surface area contributed by atoms with Gasteiger partial charge in [-0.3, -0.25) is 9.59 Å². The number of carbonyl (C=O) groups is 2. The van der Waals surface area contributed by atoms with Crippen molar-refractivity contribution >= 4 is 17.5 Å². The summed E-state index contributed by atoms with van der Waals surface area (Å²) in [5.74, 6) is 0.651. The van der Waals surface area contributed by atoms with Crippen LogP contribution in [0.5, 0.6) is 5.75 Å². The van der Waals surface area contributed by atoms with Gasteiger partial charge in [-0.15, -0.1) is 0 Å². The van der Waals surface area contributed by atoms with Gasteiger partial charge in [-0.2, -0.15) is 0 Å². The van der Waals surface area contributed by atoms with E-state index in [2.05, 4.69) is 12.2 Å². The first-order valence-corrected chi connectivity index (χ1v) is 7.92. The molecule has 0 bridgehead atoms. The summed E-state index contributed by atoms with van der Waals surface area (Å²) >= 11 is 0. The maximum absolute atomic E-state index is 12.4. The molecule has 1 aromatic rings. The molecular weight excluding hydrogens is 280 g/mol. The molecule has 5 heteroatoms. The molecule has 2 rings (SSSR count). The first-order chi connectivity index (χ1) is 10.6. The average molecular weight is 304 g/mol. The first kappa shape index (κ1) is 16.3. The van der Waals surface area contributed by atoms with E-state index in [4.69, 9.17) is 4.74 Å². The van der Waals surface area contributed by atoms with Gasteiger partial charge in [0.05, 0.1) is 12.2 Å². The van der Waals surface area contributed by atoms with Crippen molar-refractivity contribution in [3.05, 3.63) is 23.8 Å². The van der Waals surface area contributed by atoms with Crippen molar-refractivity contribution < 1.29 is 14.3 Å². The molecule has 0 unspecified atom stereocenters. The monoisotopic (exact) mass is 304 g/mol. The number of fused-ring (bicyclic) bond motifs is 1. The van der Waals surface area contributed by atoms with Gasteiger partial charge in [-0.25, -0.2) is 0 Å². The molecular formula is C17H24N2O3. The smallest absolute Gasteiger partial charge is 0.227 e. The summed E-state index contributed by atoms with van der Waals surface area (Å²) in [7, 11) is 0. The summed E-state index contributed by atoms with van der Waals surface area (Å²) < 4.78 is 5.58. The van der Waals surface area contributed by atoms with Crippen LogP contribution in [0.1, 0.15) is 38.2 Å². The molecule has 0 saturated heterocycles. The van der Waals surface area contributed by atoms with Crippen molar-refractivity contribution in [1.82, 2.24) is 5.32 Å². The number of unbranched alkanes of at least 4 members (excludes halogenated alkanes) is 1. The minimum atomic E-state index is -0.0560. The van der Waals surface area contributed by atoms with Crippen LogP contribution in [0.15, 0.2) is 18.2 Å². The Labute approximate surface area is 131 Å². The highest BCUT2D eigenvalue weighted by molar-refractivity contribution is 5.97. The molecule has 22 heavy (non-hydrogen) atoms. The van der Waals surface area contributed by atoms with E-state index in [9.17, 15) is 9.59 Å². The van der Waals surface area contributed by atoms with Gasteiger partial charge < -0.3 is 15.0 Å². The van der Waals surface area contributed by atoms with Crippen LogP contribution in [0.25, 0.3) is 0 Å². The highest BCUT2D eigenvalue weighted by atomic mass is 16.5. The zero-order valence-electron chi connectivity index (χ0n) is 13.4. The molecule has 1 heterocycles.